The summed E-state index contributed by atoms with van der Waals surface area (Å²) in [6.45, 7) is 2.60. The third-order valence-electron chi connectivity index (χ3n) is 7.45. The van der Waals surface area contributed by atoms with E-state index in [1.54, 1.807) is 6.07 Å². The predicted molar refractivity (Wildman–Crippen MR) is 152 cm³/mol. The molecular weight excluding hydrogens is 571 g/mol. The van der Waals surface area contributed by atoms with E-state index >= 15 is 4.39 Å². The monoisotopic (exact) mass is 596 g/mol. The molecule has 5 heterocycles. The molecule has 2 N–H and O–H groups in total. The summed E-state index contributed by atoms with van der Waals surface area (Å²) in [6.07, 6.45) is 4.55. The lowest BCUT2D eigenvalue weighted by molar-refractivity contribution is -0.116. The van der Waals surface area contributed by atoms with Crippen molar-refractivity contribution < 1.29 is 28.6 Å². The van der Waals surface area contributed by atoms with Crippen molar-refractivity contribution in [3.8, 4) is 22.6 Å². The van der Waals surface area contributed by atoms with Crippen molar-refractivity contribution in [2.45, 2.75) is 25.9 Å². The average Bonchev–Trinajstić information content (AvgIpc) is 3.61. The molecule has 2 aliphatic heterocycles. The maximum Gasteiger partial charge on any atom is 0.263 e. The number of phenolic OH excluding ortho intramolecular Hbond substituents is 1. The quantitative estimate of drug-likeness (QED) is 0.308. The molecule has 0 unspecified atom stereocenters. The van der Waals surface area contributed by atoms with Crippen LogP contribution in [-0.4, -0.2) is 69.8 Å². The molecule has 0 saturated carbocycles. The summed E-state index contributed by atoms with van der Waals surface area (Å²) in [5.74, 6) is -1.43. The van der Waals surface area contributed by atoms with Gasteiger partial charge in [-0.3, -0.25) is 19.0 Å². The minimum atomic E-state index is -0.965. The van der Waals surface area contributed by atoms with Crippen molar-refractivity contribution in [3.63, 3.8) is 0 Å². The number of carbonyl (C=O) groups is 2. The van der Waals surface area contributed by atoms with Gasteiger partial charge in [0.1, 0.15) is 23.8 Å². The highest BCUT2D eigenvalue weighted by molar-refractivity contribution is 6.33. The molecule has 218 valence electrons. The number of halogens is 2. The Kier molecular flexibility index (Phi) is 7.29. The summed E-state index contributed by atoms with van der Waals surface area (Å²) < 4.78 is 29.0. The van der Waals surface area contributed by atoms with Crippen LogP contribution in [0.5, 0.6) is 11.5 Å². The molecule has 3 aromatic heterocycles. The SMILES string of the molecule is COc1c(O)c(C=O)cc(-c2cn(CC(=O)Nc3cc(N4CCOCC4)ncc3Cl)c3nc4n(c(=O)c23)CCC4)c1F. The number of methoxy groups -OCH3 is 1. The molecule has 0 bridgehead atoms. The third-order valence-corrected chi connectivity index (χ3v) is 7.75. The molecule has 1 saturated heterocycles. The van der Waals surface area contributed by atoms with E-state index in [0.717, 1.165) is 13.2 Å². The Balaban J connectivity index is 1.41. The Bertz CT molecular complexity index is 1800. The van der Waals surface area contributed by atoms with Gasteiger partial charge >= 0.3 is 0 Å². The number of aldehydes is 1. The van der Waals surface area contributed by atoms with Crippen molar-refractivity contribution in [1.29, 1.82) is 0 Å². The number of benzene rings is 1. The number of hydrogen-bond acceptors (Lipinski definition) is 9. The molecule has 0 radical (unpaired) electrons. The van der Waals surface area contributed by atoms with Crippen molar-refractivity contribution >= 4 is 46.3 Å². The molecule has 0 spiro atoms. The first-order chi connectivity index (χ1) is 20.3. The van der Waals surface area contributed by atoms with E-state index in [1.807, 2.05) is 4.90 Å². The van der Waals surface area contributed by atoms with Gasteiger partial charge in [0.15, 0.2) is 23.6 Å². The van der Waals surface area contributed by atoms with Crippen LogP contribution in [0.15, 0.2) is 29.3 Å². The molecule has 1 aromatic carbocycles. The number of aromatic nitrogens is 4. The predicted octanol–water partition coefficient (Wildman–Crippen LogP) is 3.00. The number of anilines is 2. The van der Waals surface area contributed by atoms with Gasteiger partial charge in [-0.15, -0.1) is 0 Å². The second-order valence-electron chi connectivity index (χ2n) is 9.95. The van der Waals surface area contributed by atoms with Gasteiger partial charge in [0.2, 0.25) is 5.91 Å². The second kappa shape index (κ2) is 11.1. The van der Waals surface area contributed by atoms with Crippen LogP contribution in [0, 0.1) is 5.82 Å². The number of aromatic hydroxyl groups is 1. The van der Waals surface area contributed by atoms with Crippen LogP contribution >= 0.6 is 11.6 Å². The first kappa shape index (κ1) is 27.7. The van der Waals surface area contributed by atoms with Gasteiger partial charge in [0.05, 0.1) is 48.2 Å². The van der Waals surface area contributed by atoms with E-state index in [0.29, 0.717) is 69.3 Å². The van der Waals surface area contributed by atoms with Crippen LogP contribution in [-0.2, 0) is 29.0 Å². The molecule has 4 aromatic rings. The number of amides is 1. The Morgan fingerprint density at radius 3 is 2.79 bits per heavy atom. The van der Waals surface area contributed by atoms with Crippen LogP contribution in [0.2, 0.25) is 5.02 Å². The van der Waals surface area contributed by atoms with E-state index in [4.69, 9.17) is 21.1 Å². The zero-order valence-electron chi connectivity index (χ0n) is 22.5. The van der Waals surface area contributed by atoms with Gasteiger partial charge in [-0.1, -0.05) is 11.6 Å². The number of nitrogens with one attached hydrogen (secondary N) is 1. The topological polar surface area (TPSA) is 141 Å². The Morgan fingerprint density at radius 1 is 1.26 bits per heavy atom. The highest BCUT2D eigenvalue weighted by Gasteiger charge is 2.27. The summed E-state index contributed by atoms with van der Waals surface area (Å²) in [5.41, 5.74) is -0.123. The standard InChI is InChI=1S/C28H26ClFN6O6/c1-41-26-24(30)16(9-15(14-37)25(26)39)17-12-35(27-23(17)28(40)36-4-2-3-20(36)33-27)13-22(38)32-19-10-21(31-11-18(19)29)34-5-7-42-8-6-34/h9-12,14,39H,2-8,13H2,1H3,(H,31,32,38). The summed E-state index contributed by atoms with van der Waals surface area (Å²) >= 11 is 6.35. The number of carbonyl (C=O) groups excluding carboxylic acids is 2. The van der Waals surface area contributed by atoms with Crippen LogP contribution in [0.1, 0.15) is 22.6 Å². The number of aryl methyl sites for hydroxylation is 1. The molecule has 1 amide bonds. The van der Waals surface area contributed by atoms with Crippen LogP contribution in [0.4, 0.5) is 15.9 Å². The fourth-order valence-corrected chi connectivity index (χ4v) is 5.55. The number of nitrogens with zero attached hydrogens (tertiary/aromatic N) is 5. The van der Waals surface area contributed by atoms with Crippen LogP contribution < -0.4 is 20.5 Å². The largest absolute Gasteiger partial charge is 0.504 e. The highest BCUT2D eigenvalue weighted by atomic mass is 35.5. The lowest BCUT2D eigenvalue weighted by Gasteiger charge is -2.28. The summed E-state index contributed by atoms with van der Waals surface area (Å²) in [4.78, 5) is 49.6. The molecular formula is C28H26ClFN6O6. The fraction of sp³-hybridized carbons (Fsp3) is 0.321. The lowest BCUT2D eigenvalue weighted by Crippen LogP contribution is -2.36. The summed E-state index contributed by atoms with van der Waals surface area (Å²) in [5, 5.41) is 13.4. The molecule has 2 aliphatic rings. The van der Waals surface area contributed by atoms with Gasteiger partial charge in [0, 0.05) is 49.4 Å². The number of phenols is 1. The van der Waals surface area contributed by atoms with Crippen molar-refractivity contribution in [3.05, 3.63) is 57.1 Å². The molecule has 12 nitrogen and oxygen atoms in total. The number of ether oxygens (including phenoxy) is 2. The van der Waals surface area contributed by atoms with Gasteiger partial charge in [0.25, 0.3) is 5.56 Å². The van der Waals surface area contributed by atoms with E-state index in [-0.39, 0.29) is 39.3 Å². The van der Waals surface area contributed by atoms with Gasteiger partial charge in [-0.05, 0) is 12.5 Å². The summed E-state index contributed by atoms with van der Waals surface area (Å²) in [6, 6.07) is 2.82. The van der Waals surface area contributed by atoms with Crippen molar-refractivity contribution in [2.24, 2.45) is 0 Å². The number of rotatable bonds is 7. The van der Waals surface area contributed by atoms with E-state index < -0.39 is 28.8 Å². The Hall–Kier alpha value is -4.49. The van der Waals surface area contributed by atoms with E-state index in [2.05, 4.69) is 15.3 Å². The maximum absolute atomic E-state index is 15.6. The number of morpholine rings is 1. The van der Waals surface area contributed by atoms with Crippen LogP contribution in [0.25, 0.3) is 22.2 Å². The molecule has 14 heteroatoms. The molecule has 6 rings (SSSR count). The fourth-order valence-electron chi connectivity index (χ4n) is 5.40. The average molecular weight is 597 g/mol. The van der Waals surface area contributed by atoms with Gasteiger partial charge < -0.3 is 29.4 Å². The van der Waals surface area contributed by atoms with Gasteiger partial charge in [-0.2, -0.15) is 0 Å². The Morgan fingerprint density at radius 2 is 2.05 bits per heavy atom. The zero-order chi connectivity index (χ0) is 29.5. The number of hydrogen-bond donors (Lipinski definition) is 2. The molecule has 0 aliphatic carbocycles. The smallest absolute Gasteiger partial charge is 0.263 e. The third kappa shape index (κ3) is 4.73. The van der Waals surface area contributed by atoms with E-state index in [9.17, 15) is 19.5 Å². The minimum absolute atomic E-state index is 0.0773. The molecule has 1 fully saturated rings. The second-order valence-corrected chi connectivity index (χ2v) is 10.4. The number of pyridine rings is 1. The Labute approximate surface area is 243 Å². The van der Waals surface area contributed by atoms with Crippen molar-refractivity contribution in [2.75, 3.05) is 43.6 Å². The first-order valence-corrected chi connectivity index (χ1v) is 13.6. The van der Waals surface area contributed by atoms with E-state index in [1.165, 1.54) is 21.5 Å². The van der Waals surface area contributed by atoms with Crippen LogP contribution in [0.3, 0.4) is 0 Å². The lowest BCUT2D eigenvalue weighted by atomic mass is 10.0. The van der Waals surface area contributed by atoms with Gasteiger partial charge in [-0.25, -0.2) is 14.4 Å². The summed E-state index contributed by atoms with van der Waals surface area (Å²) in [7, 11) is 1.15. The number of fused-ring (bicyclic) bond motifs is 2. The maximum atomic E-state index is 15.6. The van der Waals surface area contributed by atoms with Crippen molar-refractivity contribution in [1.82, 2.24) is 19.1 Å². The normalized spacial score (nSPS) is 14.7. The zero-order valence-corrected chi connectivity index (χ0v) is 23.3. The molecule has 0 atom stereocenters. The molecule has 42 heavy (non-hydrogen) atoms. The highest BCUT2D eigenvalue weighted by Crippen LogP contribution is 2.40. The minimum Gasteiger partial charge on any atom is -0.504 e. The first-order valence-electron chi connectivity index (χ1n) is 13.3.